The van der Waals surface area contributed by atoms with Crippen LogP contribution in [0.2, 0.25) is 0 Å². The van der Waals surface area contributed by atoms with Crippen molar-refractivity contribution in [2.45, 2.75) is 20.3 Å². The van der Waals surface area contributed by atoms with Gasteiger partial charge >= 0.3 is 0 Å². The average molecular weight is 234 g/mol. The SMILES string of the molecule is CCCN(C)c1cc(N)c(C#N)c(OCC)n1. The minimum Gasteiger partial charge on any atom is -0.477 e. The fourth-order valence-corrected chi connectivity index (χ4v) is 1.53. The second-order valence-electron chi connectivity index (χ2n) is 3.72. The Kier molecular flexibility index (Phi) is 4.58. The number of anilines is 2. The van der Waals surface area contributed by atoms with Crippen LogP contribution >= 0.6 is 0 Å². The van der Waals surface area contributed by atoms with Gasteiger partial charge in [-0.3, -0.25) is 0 Å². The number of nitrogens with zero attached hydrogens (tertiary/aromatic N) is 3. The number of hydrogen-bond donors (Lipinski definition) is 1. The van der Waals surface area contributed by atoms with Crippen LogP contribution in [0.1, 0.15) is 25.8 Å². The van der Waals surface area contributed by atoms with E-state index < -0.39 is 0 Å². The van der Waals surface area contributed by atoms with Gasteiger partial charge in [-0.15, -0.1) is 0 Å². The van der Waals surface area contributed by atoms with Gasteiger partial charge in [0.15, 0.2) is 0 Å². The predicted molar refractivity (Wildman–Crippen MR) is 68.1 cm³/mol. The Labute approximate surface area is 102 Å². The topological polar surface area (TPSA) is 75.2 Å². The lowest BCUT2D eigenvalue weighted by Crippen LogP contribution is -2.20. The van der Waals surface area contributed by atoms with Gasteiger partial charge in [-0.05, 0) is 13.3 Å². The molecule has 0 saturated heterocycles. The van der Waals surface area contributed by atoms with Gasteiger partial charge in [0.2, 0.25) is 5.88 Å². The summed E-state index contributed by atoms with van der Waals surface area (Å²) in [6.45, 7) is 5.28. The second kappa shape index (κ2) is 5.94. The molecule has 0 aliphatic heterocycles. The summed E-state index contributed by atoms with van der Waals surface area (Å²) in [6, 6.07) is 3.72. The zero-order valence-corrected chi connectivity index (χ0v) is 10.5. The van der Waals surface area contributed by atoms with Crippen LogP contribution in [0, 0.1) is 11.3 Å². The molecule has 5 nitrogen and oxygen atoms in total. The Hall–Kier alpha value is -1.96. The number of nitrogen functional groups attached to an aromatic ring is 1. The summed E-state index contributed by atoms with van der Waals surface area (Å²) in [5.41, 5.74) is 6.54. The summed E-state index contributed by atoms with van der Waals surface area (Å²) in [4.78, 5) is 6.30. The van der Waals surface area contributed by atoms with Crippen LogP contribution in [0.4, 0.5) is 11.5 Å². The zero-order chi connectivity index (χ0) is 12.8. The molecule has 0 saturated carbocycles. The van der Waals surface area contributed by atoms with E-state index >= 15 is 0 Å². The maximum Gasteiger partial charge on any atom is 0.235 e. The molecule has 0 bridgehead atoms. The fraction of sp³-hybridized carbons (Fsp3) is 0.500. The Balaban J connectivity index is 3.15. The van der Waals surface area contributed by atoms with E-state index in [2.05, 4.69) is 11.9 Å². The summed E-state index contributed by atoms with van der Waals surface area (Å²) >= 11 is 0. The van der Waals surface area contributed by atoms with Crippen molar-refractivity contribution in [1.29, 1.82) is 5.26 Å². The van der Waals surface area contributed by atoms with Crippen molar-refractivity contribution in [1.82, 2.24) is 4.98 Å². The number of nitriles is 1. The first-order valence-electron chi connectivity index (χ1n) is 5.68. The van der Waals surface area contributed by atoms with E-state index in [-0.39, 0.29) is 0 Å². The van der Waals surface area contributed by atoms with Gasteiger partial charge in [-0.25, -0.2) is 0 Å². The van der Waals surface area contributed by atoms with Gasteiger partial charge in [-0.1, -0.05) is 6.92 Å². The Morgan fingerprint density at radius 1 is 1.53 bits per heavy atom. The molecular formula is C12H18N4O. The van der Waals surface area contributed by atoms with E-state index in [0.717, 1.165) is 18.8 Å². The molecule has 2 N–H and O–H groups in total. The first-order chi connectivity index (χ1) is 8.13. The molecule has 0 fully saturated rings. The summed E-state index contributed by atoms with van der Waals surface area (Å²) in [5.74, 6) is 1.04. The van der Waals surface area contributed by atoms with E-state index in [4.69, 9.17) is 15.7 Å². The van der Waals surface area contributed by atoms with E-state index in [9.17, 15) is 0 Å². The molecule has 0 atom stereocenters. The molecule has 1 rings (SSSR count). The highest BCUT2D eigenvalue weighted by molar-refractivity contribution is 5.64. The molecule has 0 aliphatic rings. The van der Waals surface area contributed by atoms with Crippen LogP contribution < -0.4 is 15.4 Å². The van der Waals surface area contributed by atoms with Crippen molar-refractivity contribution >= 4 is 11.5 Å². The van der Waals surface area contributed by atoms with Crippen LogP contribution in [0.3, 0.4) is 0 Å². The normalized spacial score (nSPS) is 9.76. The average Bonchev–Trinajstić information content (AvgIpc) is 2.29. The molecule has 0 radical (unpaired) electrons. The number of nitrogens with two attached hydrogens (primary N) is 1. The van der Waals surface area contributed by atoms with Gasteiger partial charge in [-0.2, -0.15) is 10.2 Å². The van der Waals surface area contributed by atoms with Crippen LogP contribution in [0.5, 0.6) is 5.88 Å². The number of hydrogen-bond acceptors (Lipinski definition) is 5. The van der Waals surface area contributed by atoms with E-state index in [1.54, 1.807) is 6.07 Å². The van der Waals surface area contributed by atoms with Crippen molar-refractivity contribution in [3.63, 3.8) is 0 Å². The first kappa shape index (κ1) is 13.1. The standard InChI is InChI=1S/C12H18N4O/c1-4-6-16(3)11-7-10(14)9(8-13)12(15-11)17-5-2/h7H,4-6H2,1-3H3,(H2,14,15). The molecule has 1 heterocycles. The quantitative estimate of drug-likeness (QED) is 0.840. The molecule has 0 aliphatic carbocycles. The van der Waals surface area contributed by atoms with Crippen LogP contribution in [0.25, 0.3) is 0 Å². The first-order valence-corrected chi connectivity index (χ1v) is 5.68. The molecule has 0 aromatic carbocycles. The minimum absolute atomic E-state index is 0.306. The van der Waals surface area contributed by atoms with Crippen molar-refractivity contribution in [3.8, 4) is 11.9 Å². The monoisotopic (exact) mass is 234 g/mol. The van der Waals surface area contributed by atoms with E-state index in [1.165, 1.54) is 0 Å². The highest BCUT2D eigenvalue weighted by atomic mass is 16.5. The summed E-state index contributed by atoms with van der Waals surface area (Å²) in [5, 5.41) is 9.00. The maximum atomic E-state index is 9.00. The summed E-state index contributed by atoms with van der Waals surface area (Å²) in [6.07, 6.45) is 1.02. The number of rotatable bonds is 5. The predicted octanol–water partition coefficient (Wildman–Crippen LogP) is 1.78. The van der Waals surface area contributed by atoms with Crippen molar-refractivity contribution < 1.29 is 4.74 Å². The lowest BCUT2D eigenvalue weighted by molar-refractivity contribution is 0.326. The Morgan fingerprint density at radius 3 is 2.76 bits per heavy atom. The summed E-state index contributed by atoms with van der Waals surface area (Å²) in [7, 11) is 1.94. The molecule has 0 spiro atoms. The molecule has 1 aromatic rings. The molecule has 92 valence electrons. The Morgan fingerprint density at radius 2 is 2.24 bits per heavy atom. The van der Waals surface area contributed by atoms with Crippen molar-refractivity contribution in [3.05, 3.63) is 11.6 Å². The second-order valence-corrected chi connectivity index (χ2v) is 3.72. The van der Waals surface area contributed by atoms with E-state index in [0.29, 0.717) is 23.7 Å². The number of ether oxygens (including phenoxy) is 1. The van der Waals surface area contributed by atoms with Gasteiger partial charge in [0.25, 0.3) is 0 Å². The lowest BCUT2D eigenvalue weighted by atomic mass is 10.2. The van der Waals surface area contributed by atoms with Crippen LogP contribution in [-0.4, -0.2) is 25.2 Å². The highest BCUT2D eigenvalue weighted by Crippen LogP contribution is 2.26. The minimum atomic E-state index is 0.306. The molecule has 0 amide bonds. The third-order valence-corrected chi connectivity index (χ3v) is 2.35. The largest absolute Gasteiger partial charge is 0.477 e. The lowest BCUT2D eigenvalue weighted by Gasteiger charge is -2.19. The fourth-order valence-electron chi connectivity index (χ4n) is 1.53. The van der Waals surface area contributed by atoms with Gasteiger partial charge in [0.05, 0.1) is 12.3 Å². The summed E-state index contributed by atoms with van der Waals surface area (Å²) < 4.78 is 5.34. The van der Waals surface area contributed by atoms with Gasteiger partial charge < -0.3 is 15.4 Å². The van der Waals surface area contributed by atoms with Gasteiger partial charge in [0.1, 0.15) is 17.5 Å². The number of aromatic nitrogens is 1. The molecular weight excluding hydrogens is 216 g/mol. The van der Waals surface area contributed by atoms with E-state index in [1.807, 2.05) is 24.9 Å². The smallest absolute Gasteiger partial charge is 0.235 e. The molecule has 5 heteroatoms. The van der Waals surface area contributed by atoms with Gasteiger partial charge in [0, 0.05) is 19.7 Å². The third kappa shape index (κ3) is 3.00. The highest BCUT2D eigenvalue weighted by Gasteiger charge is 2.13. The van der Waals surface area contributed by atoms with Crippen molar-refractivity contribution in [2.75, 3.05) is 30.8 Å². The molecule has 1 aromatic heterocycles. The Bertz CT molecular complexity index is 425. The van der Waals surface area contributed by atoms with Crippen molar-refractivity contribution in [2.24, 2.45) is 0 Å². The molecule has 0 unspecified atom stereocenters. The van der Waals surface area contributed by atoms with Crippen LogP contribution in [0.15, 0.2) is 6.07 Å². The molecule has 17 heavy (non-hydrogen) atoms. The maximum absolute atomic E-state index is 9.00. The van der Waals surface area contributed by atoms with Crippen LogP contribution in [-0.2, 0) is 0 Å². The number of pyridine rings is 1. The third-order valence-electron chi connectivity index (χ3n) is 2.35. The zero-order valence-electron chi connectivity index (χ0n) is 10.5.